The first-order valence-corrected chi connectivity index (χ1v) is 8.50. The van der Waals surface area contributed by atoms with Gasteiger partial charge in [-0.05, 0) is 38.5 Å². The maximum atomic E-state index is 6.25. The van der Waals surface area contributed by atoms with Crippen molar-refractivity contribution in [2.75, 3.05) is 32.7 Å². The summed E-state index contributed by atoms with van der Waals surface area (Å²) in [5.74, 6) is 1.42. The van der Waals surface area contributed by atoms with Gasteiger partial charge in [0.15, 0.2) is 0 Å². The Hall–Kier alpha value is -0.120. The van der Waals surface area contributed by atoms with E-state index < -0.39 is 0 Å². The summed E-state index contributed by atoms with van der Waals surface area (Å²) < 4.78 is 0. The van der Waals surface area contributed by atoms with Gasteiger partial charge in [-0.25, -0.2) is 0 Å². The molecule has 0 unspecified atom stereocenters. The largest absolute Gasteiger partial charge is 0.329 e. The number of hydrogen-bond donors (Lipinski definition) is 1. The van der Waals surface area contributed by atoms with Gasteiger partial charge >= 0.3 is 0 Å². The molecular formula is C17H37N3. The third-order valence-corrected chi connectivity index (χ3v) is 4.68. The summed E-state index contributed by atoms with van der Waals surface area (Å²) in [7, 11) is 0. The average molecular weight is 284 g/mol. The molecule has 1 saturated heterocycles. The predicted octanol–water partition coefficient (Wildman–Crippen LogP) is 2.80. The van der Waals surface area contributed by atoms with Crippen LogP contribution in [-0.4, -0.2) is 54.1 Å². The molecule has 20 heavy (non-hydrogen) atoms. The Balaban J connectivity index is 2.78. The maximum Gasteiger partial charge on any atom is 0.0356 e. The van der Waals surface area contributed by atoms with Crippen molar-refractivity contribution in [1.29, 1.82) is 0 Å². The van der Waals surface area contributed by atoms with Crippen LogP contribution in [0.3, 0.4) is 0 Å². The predicted molar refractivity (Wildman–Crippen MR) is 89.0 cm³/mol. The van der Waals surface area contributed by atoms with Gasteiger partial charge in [-0.1, -0.05) is 27.7 Å². The van der Waals surface area contributed by atoms with Crippen LogP contribution in [0.15, 0.2) is 0 Å². The van der Waals surface area contributed by atoms with Crippen molar-refractivity contribution in [2.24, 2.45) is 17.6 Å². The Bertz CT molecular complexity index is 255. The second-order valence-electron chi connectivity index (χ2n) is 7.75. The van der Waals surface area contributed by atoms with Gasteiger partial charge in [0.2, 0.25) is 0 Å². The van der Waals surface area contributed by atoms with Crippen molar-refractivity contribution < 1.29 is 0 Å². The van der Waals surface area contributed by atoms with Gasteiger partial charge in [-0.15, -0.1) is 0 Å². The monoisotopic (exact) mass is 283 g/mol. The van der Waals surface area contributed by atoms with E-state index in [1.165, 1.54) is 39.0 Å². The third kappa shape index (κ3) is 4.71. The van der Waals surface area contributed by atoms with Crippen LogP contribution in [0.2, 0.25) is 0 Å². The molecule has 0 aliphatic carbocycles. The number of likely N-dealkylation sites (tertiary alicyclic amines) is 1. The number of piperidine rings is 1. The summed E-state index contributed by atoms with van der Waals surface area (Å²) in [6.45, 7) is 19.4. The number of rotatable bonds is 7. The molecule has 1 aliphatic rings. The lowest BCUT2D eigenvalue weighted by Crippen LogP contribution is -2.61. The van der Waals surface area contributed by atoms with Crippen LogP contribution in [0, 0.1) is 11.8 Å². The van der Waals surface area contributed by atoms with Gasteiger partial charge in [-0.2, -0.15) is 0 Å². The number of hydrogen-bond acceptors (Lipinski definition) is 3. The van der Waals surface area contributed by atoms with Crippen molar-refractivity contribution >= 4 is 0 Å². The molecule has 0 aromatic heterocycles. The van der Waals surface area contributed by atoms with Crippen molar-refractivity contribution in [1.82, 2.24) is 9.80 Å². The zero-order valence-electron chi connectivity index (χ0n) is 14.7. The van der Waals surface area contributed by atoms with Crippen LogP contribution in [0.4, 0.5) is 0 Å². The van der Waals surface area contributed by atoms with E-state index in [0.29, 0.717) is 17.9 Å². The highest BCUT2D eigenvalue weighted by Crippen LogP contribution is 2.30. The SMILES string of the molecule is CC(C)CN(CC(C)C)C1(CN)CCN(C(C)C)CC1. The van der Waals surface area contributed by atoms with Gasteiger partial charge < -0.3 is 10.6 Å². The van der Waals surface area contributed by atoms with Crippen molar-refractivity contribution in [3.8, 4) is 0 Å². The second kappa shape index (κ2) is 7.77. The Morgan fingerprint density at radius 2 is 1.40 bits per heavy atom. The number of nitrogens with two attached hydrogens (primary N) is 1. The molecule has 0 aromatic rings. The summed E-state index contributed by atoms with van der Waals surface area (Å²) in [5, 5.41) is 0. The van der Waals surface area contributed by atoms with Crippen LogP contribution in [-0.2, 0) is 0 Å². The smallest absolute Gasteiger partial charge is 0.0356 e. The van der Waals surface area contributed by atoms with E-state index in [9.17, 15) is 0 Å². The van der Waals surface area contributed by atoms with Crippen molar-refractivity contribution in [3.63, 3.8) is 0 Å². The first-order chi connectivity index (χ1) is 9.30. The molecule has 3 heteroatoms. The molecule has 1 fully saturated rings. The Labute approximate surface area is 126 Å². The fourth-order valence-corrected chi connectivity index (χ4v) is 3.45. The maximum absolute atomic E-state index is 6.25. The lowest BCUT2D eigenvalue weighted by atomic mass is 9.84. The quantitative estimate of drug-likeness (QED) is 0.780. The highest BCUT2D eigenvalue weighted by molar-refractivity contribution is 4.97. The summed E-state index contributed by atoms with van der Waals surface area (Å²) in [6, 6.07) is 0.662. The molecular weight excluding hydrogens is 246 g/mol. The molecule has 120 valence electrons. The minimum atomic E-state index is 0.236. The standard InChI is InChI=1S/C17H37N3/c1-14(2)11-20(12-15(3)4)17(13-18)7-9-19(10-8-17)16(5)6/h14-16H,7-13,18H2,1-6H3. The first kappa shape index (κ1) is 17.9. The van der Waals surface area contributed by atoms with Crippen LogP contribution < -0.4 is 5.73 Å². The zero-order valence-corrected chi connectivity index (χ0v) is 14.7. The topological polar surface area (TPSA) is 32.5 Å². The zero-order chi connectivity index (χ0) is 15.3. The Kier molecular flexibility index (Phi) is 6.96. The van der Waals surface area contributed by atoms with Crippen molar-refractivity contribution in [3.05, 3.63) is 0 Å². The molecule has 1 aliphatic heterocycles. The molecule has 0 spiro atoms. The van der Waals surface area contributed by atoms with E-state index in [4.69, 9.17) is 5.73 Å². The normalized spacial score (nSPS) is 20.6. The summed E-state index contributed by atoms with van der Waals surface area (Å²) >= 11 is 0. The lowest BCUT2D eigenvalue weighted by molar-refractivity contribution is 0.00413. The molecule has 0 bridgehead atoms. The van der Waals surface area contributed by atoms with E-state index in [-0.39, 0.29) is 5.54 Å². The highest BCUT2D eigenvalue weighted by atomic mass is 15.3. The fraction of sp³-hybridized carbons (Fsp3) is 1.00. The highest BCUT2D eigenvalue weighted by Gasteiger charge is 2.39. The van der Waals surface area contributed by atoms with E-state index >= 15 is 0 Å². The third-order valence-electron chi connectivity index (χ3n) is 4.68. The molecule has 0 radical (unpaired) electrons. The lowest BCUT2D eigenvalue weighted by Gasteiger charge is -2.50. The minimum Gasteiger partial charge on any atom is -0.329 e. The van der Waals surface area contributed by atoms with Crippen LogP contribution in [0.5, 0.6) is 0 Å². The van der Waals surface area contributed by atoms with Gasteiger partial charge in [0, 0.05) is 44.3 Å². The van der Waals surface area contributed by atoms with Gasteiger partial charge in [0.05, 0.1) is 0 Å². The van der Waals surface area contributed by atoms with E-state index in [2.05, 4.69) is 51.3 Å². The van der Waals surface area contributed by atoms with Crippen LogP contribution in [0.1, 0.15) is 54.4 Å². The van der Waals surface area contributed by atoms with Gasteiger partial charge in [-0.3, -0.25) is 4.90 Å². The molecule has 0 atom stereocenters. The van der Waals surface area contributed by atoms with Crippen molar-refractivity contribution in [2.45, 2.75) is 66.0 Å². The summed E-state index contributed by atoms with van der Waals surface area (Å²) in [6.07, 6.45) is 2.45. The fourth-order valence-electron chi connectivity index (χ4n) is 3.45. The van der Waals surface area contributed by atoms with Gasteiger partial charge in [0.1, 0.15) is 0 Å². The first-order valence-electron chi connectivity index (χ1n) is 8.50. The molecule has 1 rings (SSSR count). The van der Waals surface area contributed by atoms with Crippen LogP contribution in [0.25, 0.3) is 0 Å². The average Bonchev–Trinajstić information content (AvgIpc) is 2.36. The Morgan fingerprint density at radius 3 is 1.70 bits per heavy atom. The molecule has 0 aromatic carbocycles. The molecule has 0 amide bonds. The molecule has 0 saturated carbocycles. The molecule has 3 nitrogen and oxygen atoms in total. The van der Waals surface area contributed by atoms with Crippen LogP contribution >= 0.6 is 0 Å². The number of nitrogens with zero attached hydrogens (tertiary/aromatic N) is 2. The minimum absolute atomic E-state index is 0.236. The molecule has 1 heterocycles. The summed E-state index contributed by atoms with van der Waals surface area (Å²) in [4.78, 5) is 5.30. The Morgan fingerprint density at radius 1 is 0.950 bits per heavy atom. The van der Waals surface area contributed by atoms with E-state index in [1.807, 2.05) is 0 Å². The molecule has 2 N–H and O–H groups in total. The van der Waals surface area contributed by atoms with E-state index in [1.54, 1.807) is 0 Å². The van der Waals surface area contributed by atoms with Gasteiger partial charge in [0.25, 0.3) is 0 Å². The van der Waals surface area contributed by atoms with E-state index in [0.717, 1.165) is 6.54 Å². The second-order valence-corrected chi connectivity index (χ2v) is 7.75. The summed E-state index contributed by atoms with van der Waals surface area (Å²) in [5.41, 5.74) is 6.49.